The summed E-state index contributed by atoms with van der Waals surface area (Å²) in [6, 6.07) is 7.71. The minimum Gasteiger partial charge on any atom is -0.489 e. The van der Waals surface area contributed by atoms with E-state index in [1.165, 1.54) is 17.0 Å². The van der Waals surface area contributed by atoms with E-state index in [2.05, 4.69) is 16.8 Å². The Morgan fingerprint density at radius 1 is 1.25 bits per heavy atom. The summed E-state index contributed by atoms with van der Waals surface area (Å²) in [6.07, 6.45) is 3.03. The van der Waals surface area contributed by atoms with Gasteiger partial charge in [-0.2, -0.15) is 0 Å². The third kappa shape index (κ3) is 3.94. The third-order valence-electron chi connectivity index (χ3n) is 5.28. The first-order chi connectivity index (χ1) is 13.2. The minimum absolute atomic E-state index is 0.249. The Labute approximate surface area is 164 Å². The molecule has 1 aliphatic heterocycles. The Bertz CT molecular complexity index is 925. The molecule has 0 saturated carbocycles. The van der Waals surface area contributed by atoms with Crippen LogP contribution in [0.2, 0.25) is 0 Å². The molecule has 3 rings (SSSR count). The van der Waals surface area contributed by atoms with Gasteiger partial charge in [-0.05, 0) is 42.2 Å². The fourth-order valence-corrected chi connectivity index (χ4v) is 3.37. The Kier molecular flexibility index (Phi) is 5.28. The lowest BCUT2D eigenvalue weighted by Crippen LogP contribution is -2.70. The number of hydrogen-bond donors (Lipinski definition) is 1. The van der Waals surface area contributed by atoms with Gasteiger partial charge in [-0.15, -0.1) is 0 Å². The molecule has 6 heteroatoms. The van der Waals surface area contributed by atoms with Crippen LogP contribution in [-0.2, 0) is 0 Å². The van der Waals surface area contributed by atoms with Crippen molar-refractivity contribution < 1.29 is 19.0 Å². The molecule has 2 heterocycles. The van der Waals surface area contributed by atoms with E-state index in [0.717, 1.165) is 6.42 Å². The first-order valence-electron chi connectivity index (χ1n) is 9.07. The zero-order chi connectivity index (χ0) is 20.4. The molecule has 1 aromatic heterocycles. The van der Waals surface area contributed by atoms with E-state index >= 15 is 0 Å². The molecule has 1 atom stereocenters. The van der Waals surface area contributed by atoms with Crippen molar-refractivity contribution in [2.24, 2.45) is 5.41 Å². The van der Waals surface area contributed by atoms with Gasteiger partial charge in [0, 0.05) is 23.9 Å². The Hall–Kier alpha value is -3.07. The highest BCUT2D eigenvalue weighted by atomic mass is 19.1. The van der Waals surface area contributed by atoms with E-state index in [1.807, 2.05) is 20.8 Å². The molecule has 2 aromatic rings. The predicted octanol–water partition coefficient (Wildman–Crippen LogP) is 4.17. The molecular formula is C22H23FN2O3. The van der Waals surface area contributed by atoms with Gasteiger partial charge in [0.05, 0.1) is 11.7 Å². The number of ether oxygens (including phenoxy) is 1. The Morgan fingerprint density at radius 2 is 1.93 bits per heavy atom. The topological polar surface area (TPSA) is 62.7 Å². The SMILES string of the molecule is CC(C)(C)[C@]1(COc2cncc(C#Cc3ccc(F)cc3)c2)CCN1C(=O)O. The monoisotopic (exact) mass is 382 g/mol. The second-order valence-electron chi connectivity index (χ2n) is 7.92. The summed E-state index contributed by atoms with van der Waals surface area (Å²) in [4.78, 5) is 17.2. The molecule has 1 amide bonds. The maximum atomic E-state index is 13.0. The van der Waals surface area contributed by atoms with Crippen LogP contribution in [0.4, 0.5) is 9.18 Å². The molecule has 28 heavy (non-hydrogen) atoms. The number of pyridine rings is 1. The number of carboxylic acid groups (broad SMARTS) is 1. The fraction of sp³-hybridized carbons (Fsp3) is 0.364. The number of hydrogen-bond acceptors (Lipinski definition) is 3. The van der Waals surface area contributed by atoms with Crippen LogP contribution in [0.15, 0.2) is 42.7 Å². The van der Waals surface area contributed by atoms with E-state index in [1.54, 1.807) is 30.6 Å². The third-order valence-corrected chi connectivity index (χ3v) is 5.28. The second-order valence-corrected chi connectivity index (χ2v) is 7.92. The zero-order valence-corrected chi connectivity index (χ0v) is 16.2. The summed E-state index contributed by atoms with van der Waals surface area (Å²) in [5, 5.41) is 9.49. The number of amides is 1. The average molecular weight is 382 g/mol. The molecule has 0 bridgehead atoms. The first kappa shape index (κ1) is 19.7. The summed E-state index contributed by atoms with van der Waals surface area (Å²) >= 11 is 0. The molecule has 1 saturated heterocycles. The van der Waals surface area contributed by atoms with Crippen molar-refractivity contribution in [3.05, 3.63) is 59.7 Å². The highest BCUT2D eigenvalue weighted by Gasteiger charge is 2.55. The molecule has 0 aliphatic carbocycles. The molecule has 0 radical (unpaired) electrons. The van der Waals surface area contributed by atoms with Crippen molar-refractivity contribution in [1.29, 1.82) is 0 Å². The van der Waals surface area contributed by atoms with E-state index < -0.39 is 11.6 Å². The number of likely N-dealkylation sites (tertiary alicyclic amines) is 1. The molecule has 5 nitrogen and oxygen atoms in total. The lowest BCUT2D eigenvalue weighted by Gasteiger charge is -2.57. The number of benzene rings is 1. The van der Waals surface area contributed by atoms with Crippen molar-refractivity contribution in [3.63, 3.8) is 0 Å². The standard InChI is InChI=1S/C22H23FN2O3/c1-21(2,3)22(10-11-25(22)20(26)27)15-28-19-12-17(13-24-14-19)5-4-16-6-8-18(23)9-7-16/h6-9,12-14H,10-11,15H2,1-3H3,(H,26,27)/t22-/m1/s1. The average Bonchev–Trinajstić information content (AvgIpc) is 2.59. The number of rotatable bonds is 3. The van der Waals surface area contributed by atoms with Gasteiger partial charge in [0.15, 0.2) is 0 Å². The van der Waals surface area contributed by atoms with E-state index in [9.17, 15) is 14.3 Å². The smallest absolute Gasteiger partial charge is 0.407 e. The van der Waals surface area contributed by atoms with Gasteiger partial charge in [-0.3, -0.25) is 9.88 Å². The van der Waals surface area contributed by atoms with Gasteiger partial charge in [-0.1, -0.05) is 32.6 Å². The van der Waals surface area contributed by atoms with Crippen LogP contribution in [-0.4, -0.2) is 39.8 Å². The van der Waals surface area contributed by atoms with Crippen LogP contribution in [0.1, 0.15) is 38.3 Å². The summed E-state index contributed by atoms with van der Waals surface area (Å²) in [7, 11) is 0. The van der Waals surface area contributed by atoms with Crippen LogP contribution in [0.25, 0.3) is 0 Å². The van der Waals surface area contributed by atoms with Gasteiger partial charge in [-0.25, -0.2) is 9.18 Å². The lowest BCUT2D eigenvalue weighted by atomic mass is 9.66. The summed E-state index contributed by atoms with van der Waals surface area (Å²) < 4.78 is 18.9. The van der Waals surface area contributed by atoms with Crippen molar-refractivity contribution in [1.82, 2.24) is 9.88 Å². The number of halogens is 1. The van der Waals surface area contributed by atoms with Crippen LogP contribution < -0.4 is 4.74 Å². The van der Waals surface area contributed by atoms with Gasteiger partial charge in [0.25, 0.3) is 0 Å². The van der Waals surface area contributed by atoms with Gasteiger partial charge in [0.2, 0.25) is 0 Å². The lowest BCUT2D eigenvalue weighted by molar-refractivity contribution is -0.0962. The van der Waals surface area contributed by atoms with Crippen LogP contribution in [0.3, 0.4) is 0 Å². The van der Waals surface area contributed by atoms with Crippen molar-refractivity contribution in [2.75, 3.05) is 13.2 Å². The van der Waals surface area contributed by atoms with Gasteiger partial charge < -0.3 is 9.84 Å². The molecular weight excluding hydrogens is 359 g/mol. The van der Waals surface area contributed by atoms with Crippen LogP contribution in [0, 0.1) is 23.1 Å². The fourth-order valence-electron chi connectivity index (χ4n) is 3.37. The first-order valence-corrected chi connectivity index (χ1v) is 9.07. The van der Waals surface area contributed by atoms with E-state index in [-0.39, 0.29) is 17.8 Å². The number of nitrogens with zero attached hydrogens (tertiary/aromatic N) is 2. The number of aromatic nitrogens is 1. The molecule has 1 aliphatic rings. The molecule has 0 spiro atoms. The molecule has 1 fully saturated rings. The van der Waals surface area contributed by atoms with Crippen molar-refractivity contribution in [3.8, 4) is 17.6 Å². The summed E-state index contributed by atoms with van der Waals surface area (Å²) in [5.41, 5.74) is 0.521. The normalized spacial score (nSPS) is 18.6. The maximum Gasteiger partial charge on any atom is 0.407 e. The quantitative estimate of drug-likeness (QED) is 0.810. The Morgan fingerprint density at radius 3 is 2.50 bits per heavy atom. The molecule has 1 N–H and O–H groups in total. The van der Waals surface area contributed by atoms with Crippen molar-refractivity contribution >= 4 is 6.09 Å². The molecule has 0 unspecified atom stereocenters. The van der Waals surface area contributed by atoms with Crippen LogP contribution in [0.5, 0.6) is 5.75 Å². The van der Waals surface area contributed by atoms with Crippen molar-refractivity contribution in [2.45, 2.75) is 32.7 Å². The predicted molar refractivity (Wildman–Crippen MR) is 104 cm³/mol. The number of carbonyl (C=O) groups is 1. The highest BCUT2D eigenvalue weighted by Crippen LogP contribution is 2.45. The van der Waals surface area contributed by atoms with Gasteiger partial charge >= 0.3 is 6.09 Å². The van der Waals surface area contributed by atoms with E-state index in [0.29, 0.717) is 23.4 Å². The zero-order valence-electron chi connectivity index (χ0n) is 16.2. The van der Waals surface area contributed by atoms with Gasteiger partial charge in [0.1, 0.15) is 18.2 Å². The highest BCUT2D eigenvalue weighted by molar-refractivity contribution is 5.68. The van der Waals surface area contributed by atoms with Crippen LogP contribution >= 0.6 is 0 Å². The molecule has 146 valence electrons. The largest absolute Gasteiger partial charge is 0.489 e. The molecule has 1 aromatic carbocycles. The summed E-state index contributed by atoms with van der Waals surface area (Å²) in [6.45, 7) is 6.83. The minimum atomic E-state index is -0.929. The second kappa shape index (κ2) is 7.51. The summed E-state index contributed by atoms with van der Waals surface area (Å²) in [5.74, 6) is 6.17. The maximum absolute atomic E-state index is 13.0. The Balaban J connectivity index is 1.74. The van der Waals surface area contributed by atoms with E-state index in [4.69, 9.17) is 4.74 Å².